The molecule has 0 bridgehead atoms. The van der Waals surface area contributed by atoms with Crippen molar-refractivity contribution in [1.29, 1.82) is 5.26 Å². The topological polar surface area (TPSA) is 96.0 Å². The lowest BCUT2D eigenvalue weighted by Crippen LogP contribution is -2.45. The molecule has 1 unspecified atom stereocenters. The van der Waals surface area contributed by atoms with Crippen LogP contribution >= 0.6 is 12.4 Å². The van der Waals surface area contributed by atoms with Crippen LogP contribution in [0.5, 0.6) is 0 Å². The van der Waals surface area contributed by atoms with E-state index in [1.165, 1.54) is 30.7 Å². The lowest BCUT2D eigenvalue weighted by molar-refractivity contribution is 0.294. The summed E-state index contributed by atoms with van der Waals surface area (Å²) in [5.74, 6) is 0.317. The van der Waals surface area contributed by atoms with Crippen molar-refractivity contribution in [2.45, 2.75) is 43.0 Å². The van der Waals surface area contributed by atoms with Gasteiger partial charge in [0.25, 0.3) is 0 Å². The molecule has 0 aromatic heterocycles. The van der Waals surface area contributed by atoms with Gasteiger partial charge in [-0.2, -0.15) is 5.26 Å². The van der Waals surface area contributed by atoms with Crippen LogP contribution in [0.3, 0.4) is 0 Å². The van der Waals surface area contributed by atoms with Crippen molar-refractivity contribution in [2.75, 3.05) is 6.54 Å². The molecule has 1 aliphatic rings. The summed E-state index contributed by atoms with van der Waals surface area (Å²) in [6.45, 7) is 0.306. The maximum Gasteiger partial charge on any atom is 0.240 e. The fraction of sp³-hybridized carbons (Fsp3) is 0.533. The van der Waals surface area contributed by atoms with E-state index in [1.54, 1.807) is 0 Å². The van der Waals surface area contributed by atoms with Crippen molar-refractivity contribution >= 4 is 22.4 Å². The summed E-state index contributed by atoms with van der Waals surface area (Å²) in [6, 6.07) is 7.68. The molecule has 1 fully saturated rings. The van der Waals surface area contributed by atoms with E-state index in [-0.39, 0.29) is 23.3 Å². The average molecular weight is 344 g/mol. The molecule has 0 spiro atoms. The molecule has 7 heteroatoms. The third-order valence-electron chi connectivity index (χ3n) is 4.07. The van der Waals surface area contributed by atoms with E-state index < -0.39 is 10.0 Å². The highest BCUT2D eigenvalue weighted by atomic mass is 35.5. The Kier molecular flexibility index (Phi) is 7.30. The van der Waals surface area contributed by atoms with Gasteiger partial charge < -0.3 is 5.73 Å². The van der Waals surface area contributed by atoms with Crippen molar-refractivity contribution < 1.29 is 8.42 Å². The predicted octanol–water partition coefficient (Wildman–Crippen LogP) is 2.17. The van der Waals surface area contributed by atoms with Crippen molar-refractivity contribution in [3.8, 4) is 6.07 Å². The number of hydrogen-bond donors (Lipinski definition) is 2. The molecule has 1 atom stereocenters. The number of halogens is 1. The zero-order valence-electron chi connectivity index (χ0n) is 12.4. The first-order valence-electron chi connectivity index (χ1n) is 7.29. The summed E-state index contributed by atoms with van der Waals surface area (Å²) in [5, 5.41) is 8.75. The molecule has 22 heavy (non-hydrogen) atoms. The lowest BCUT2D eigenvalue weighted by Gasteiger charge is -2.29. The third kappa shape index (κ3) is 4.68. The van der Waals surface area contributed by atoms with E-state index >= 15 is 0 Å². The van der Waals surface area contributed by atoms with Gasteiger partial charge in [0.1, 0.15) is 0 Å². The normalized spacial score (nSPS) is 17.3. The molecule has 0 amide bonds. The van der Waals surface area contributed by atoms with Gasteiger partial charge in [-0.3, -0.25) is 0 Å². The van der Waals surface area contributed by atoms with Crippen LogP contribution in [0.4, 0.5) is 0 Å². The van der Waals surface area contributed by atoms with Crippen LogP contribution in [0.25, 0.3) is 0 Å². The van der Waals surface area contributed by atoms with Crippen LogP contribution in [-0.4, -0.2) is 21.0 Å². The smallest absolute Gasteiger partial charge is 0.240 e. The molecule has 0 aliphatic heterocycles. The molecule has 3 N–H and O–H groups in total. The molecule has 0 heterocycles. The van der Waals surface area contributed by atoms with Gasteiger partial charge >= 0.3 is 0 Å². The Hall–Kier alpha value is -1.13. The Labute approximate surface area is 138 Å². The lowest BCUT2D eigenvalue weighted by atomic mass is 9.84. The summed E-state index contributed by atoms with van der Waals surface area (Å²) in [6.07, 6.45) is 5.55. The molecule has 1 aliphatic carbocycles. The minimum absolute atomic E-state index is 0. The Morgan fingerprint density at radius 2 is 1.82 bits per heavy atom. The molecular weight excluding hydrogens is 322 g/mol. The quantitative estimate of drug-likeness (QED) is 0.856. The first-order chi connectivity index (χ1) is 10.1. The van der Waals surface area contributed by atoms with E-state index in [0.29, 0.717) is 18.0 Å². The van der Waals surface area contributed by atoms with E-state index in [0.717, 1.165) is 25.7 Å². The SMILES string of the molecule is Cl.N#Cc1ccc(S(=O)(=O)NC(CN)C2CCCCC2)cc1. The second-order valence-corrected chi connectivity index (χ2v) is 7.21. The van der Waals surface area contributed by atoms with Crippen molar-refractivity contribution in [3.63, 3.8) is 0 Å². The summed E-state index contributed by atoms with van der Waals surface area (Å²) in [7, 11) is -3.59. The predicted molar refractivity (Wildman–Crippen MR) is 88.1 cm³/mol. The van der Waals surface area contributed by atoms with Crippen molar-refractivity contribution in [3.05, 3.63) is 29.8 Å². The monoisotopic (exact) mass is 343 g/mol. The van der Waals surface area contributed by atoms with E-state index in [1.807, 2.05) is 6.07 Å². The molecule has 122 valence electrons. The van der Waals surface area contributed by atoms with Crippen LogP contribution in [0.2, 0.25) is 0 Å². The van der Waals surface area contributed by atoms with E-state index in [9.17, 15) is 8.42 Å². The zero-order chi connectivity index (χ0) is 15.3. The number of benzene rings is 1. The highest BCUT2D eigenvalue weighted by Crippen LogP contribution is 2.27. The second kappa shape index (κ2) is 8.49. The number of nitrogens with one attached hydrogen (secondary N) is 1. The molecule has 5 nitrogen and oxygen atoms in total. The van der Waals surface area contributed by atoms with Gasteiger partial charge in [0.05, 0.1) is 16.5 Å². The first kappa shape index (κ1) is 18.9. The molecule has 1 saturated carbocycles. The van der Waals surface area contributed by atoms with Gasteiger partial charge in [0, 0.05) is 12.6 Å². The molecule has 1 aromatic rings. The van der Waals surface area contributed by atoms with Gasteiger partial charge in [0.15, 0.2) is 0 Å². The van der Waals surface area contributed by atoms with Gasteiger partial charge in [-0.25, -0.2) is 13.1 Å². The maximum absolute atomic E-state index is 12.4. The third-order valence-corrected chi connectivity index (χ3v) is 5.58. The number of nitriles is 1. The summed E-state index contributed by atoms with van der Waals surface area (Å²) >= 11 is 0. The van der Waals surface area contributed by atoms with Crippen molar-refractivity contribution in [2.24, 2.45) is 11.7 Å². The van der Waals surface area contributed by atoms with Crippen LogP contribution in [-0.2, 0) is 10.0 Å². The Morgan fingerprint density at radius 3 is 2.32 bits per heavy atom. The molecule has 0 saturated heterocycles. The number of sulfonamides is 1. The minimum Gasteiger partial charge on any atom is -0.329 e. The fourth-order valence-corrected chi connectivity index (χ4v) is 4.17. The van der Waals surface area contributed by atoms with Crippen LogP contribution < -0.4 is 10.5 Å². The van der Waals surface area contributed by atoms with Gasteiger partial charge in [-0.05, 0) is 43.0 Å². The number of nitrogens with two attached hydrogens (primary N) is 1. The van der Waals surface area contributed by atoms with Gasteiger partial charge in [-0.1, -0.05) is 19.3 Å². The van der Waals surface area contributed by atoms with Gasteiger partial charge in [-0.15, -0.1) is 12.4 Å². The largest absolute Gasteiger partial charge is 0.329 e. The maximum atomic E-state index is 12.4. The molecular formula is C15H22ClN3O2S. The van der Waals surface area contributed by atoms with Crippen LogP contribution in [0, 0.1) is 17.2 Å². The van der Waals surface area contributed by atoms with E-state index in [2.05, 4.69) is 4.72 Å². The molecule has 0 radical (unpaired) electrons. The average Bonchev–Trinajstić information content (AvgIpc) is 2.53. The molecule has 1 aromatic carbocycles. The number of nitrogens with zero attached hydrogens (tertiary/aromatic N) is 1. The molecule has 2 rings (SSSR count). The summed E-state index contributed by atoms with van der Waals surface area (Å²) in [5.41, 5.74) is 6.21. The van der Waals surface area contributed by atoms with Crippen molar-refractivity contribution in [1.82, 2.24) is 4.72 Å². The number of hydrogen-bond acceptors (Lipinski definition) is 4. The highest BCUT2D eigenvalue weighted by molar-refractivity contribution is 7.89. The van der Waals surface area contributed by atoms with Crippen LogP contribution in [0.15, 0.2) is 29.2 Å². The highest BCUT2D eigenvalue weighted by Gasteiger charge is 2.27. The Balaban J connectivity index is 0.00000242. The van der Waals surface area contributed by atoms with Crippen LogP contribution in [0.1, 0.15) is 37.7 Å². The second-order valence-electron chi connectivity index (χ2n) is 5.50. The first-order valence-corrected chi connectivity index (χ1v) is 8.77. The van der Waals surface area contributed by atoms with Gasteiger partial charge in [0.2, 0.25) is 10.0 Å². The zero-order valence-corrected chi connectivity index (χ0v) is 14.0. The number of rotatable bonds is 5. The minimum atomic E-state index is -3.59. The summed E-state index contributed by atoms with van der Waals surface area (Å²) < 4.78 is 27.5. The standard InChI is InChI=1S/C15H21N3O2S.ClH/c16-10-12-6-8-14(9-7-12)21(19,20)18-15(11-17)13-4-2-1-3-5-13;/h6-9,13,15,18H,1-5,11,17H2;1H. The Morgan fingerprint density at radius 1 is 1.23 bits per heavy atom. The van der Waals surface area contributed by atoms with E-state index in [4.69, 9.17) is 11.0 Å². The fourth-order valence-electron chi connectivity index (χ4n) is 2.85. The summed E-state index contributed by atoms with van der Waals surface area (Å²) in [4.78, 5) is 0.177. The Bertz CT molecular complexity index is 605.